The van der Waals surface area contributed by atoms with Crippen molar-refractivity contribution >= 4 is 29.9 Å². The second-order valence-corrected chi connectivity index (χ2v) is 7.35. The van der Waals surface area contributed by atoms with Gasteiger partial charge in [-0.1, -0.05) is 30.3 Å². The monoisotopic (exact) mass is 527 g/mol. The molecule has 1 aromatic heterocycles. The lowest BCUT2D eigenvalue weighted by Crippen LogP contribution is -2.52. The number of benzene rings is 1. The molecule has 166 valence electrons. The quantitative estimate of drug-likeness (QED) is 0.322. The molecule has 0 saturated carbocycles. The lowest BCUT2D eigenvalue weighted by molar-refractivity contribution is 0.167. The Balaban J connectivity index is 0.00000320. The van der Waals surface area contributed by atoms with Gasteiger partial charge >= 0.3 is 0 Å². The van der Waals surface area contributed by atoms with E-state index in [1.807, 2.05) is 43.3 Å². The zero-order valence-corrected chi connectivity index (χ0v) is 20.5. The van der Waals surface area contributed by atoms with Crippen LogP contribution in [0, 0.1) is 6.92 Å². The molecule has 1 aliphatic rings. The van der Waals surface area contributed by atoms with E-state index in [2.05, 4.69) is 34.1 Å². The largest absolute Gasteiger partial charge is 0.489 e. The molecule has 0 bridgehead atoms. The van der Waals surface area contributed by atoms with Crippen molar-refractivity contribution in [1.82, 2.24) is 20.3 Å². The minimum absolute atomic E-state index is 0. The molecule has 8 heteroatoms. The topological polar surface area (TPSA) is 66.1 Å². The van der Waals surface area contributed by atoms with Crippen LogP contribution < -0.4 is 10.1 Å². The second-order valence-electron chi connectivity index (χ2n) is 7.35. The first-order valence-electron chi connectivity index (χ1n) is 10.6. The maximum atomic E-state index is 6.09. The summed E-state index contributed by atoms with van der Waals surface area (Å²) in [5, 5.41) is 7.54. The van der Waals surface area contributed by atoms with Crippen LogP contribution in [-0.4, -0.2) is 66.3 Å². The highest BCUT2D eigenvalue weighted by molar-refractivity contribution is 14.0. The van der Waals surface area contributed by atoms with Crippen molar-refractivity contribution in [2.24, 2.45) is 4.99 Å². The van der Waals surface area contributed by atoms with Crippen molar-refractivity contribution in [1.29, 1.82) is 0 Å². The average molecular weight is 527 g/mol. The number of halogens is 1. The van der Waals surface area contributed by atoms with E-state index in [1.165, 1.54) is 0 Å². The van der Waals surface area contributed by atoms with E-state index in [0.717, 1.165) is 68.9 Å². The predicted molar refractivity (Wildman–Crippen MR) is 131 cm³/mol. The number of hydrogen-bond acceptors (Lipinski definition) is 5. The number of piperazine rings is 1. The van der Waals surface area contributed by atoms with Crippen LogP contribution in [0.5, 0.6) is 5.75 Å². The van der Waals surface area contributed by atoms with Crippen LogP contribution in [-0.2, 0) is 6.54 Å². The van der Waals surface area contributed by atoms with Crippen molar-refractivity contribution in [3.8, 4) is 5.75 Å². The molecule has 7 nitrogen and oxygen atoms in total. The van der Waals surface area contributed by atoms with Gasteiger partial charge in [0.05, 0.1) is 12.2 Å². The Labute approximate surface area is 196 Å². The van der Waals surface area contributed by atoms with Crippen molar-refractivity contribution in [3.63, 3.8) is 0 Å². The number of nitrogens with zero attached hydrogens (tertiary/aromatic N) is 4. The highest BCUT2D eigenvalue weighted by atomic mass is 127. The van der Waals surface area contributed by atoms with Crippen molar-refractivity contribution in [2.45, 2.75) is 39.8 Å². The van der Waals surface area contributed by atoms with Gasteiger partial charge in [0.25, 0.3) is 0 Å². The number of aliphatic imine (C=N–C) groups is 1. The lowest BCUT2D eigenvalue weighted by Gasteiger charge is -2.36. The van der Waals surface area contributed by atoms with Gasteiger partial charge in [0.15, 0.2) is 5.96 Å². The Morgan fingerprint density at radius 2 is 1.93 bits per heavy atom. The third kappa shape index (κ3) is 7.46. The van der Waals surface area contributed by atoms with E-state index in [9.17, 15) is 0 Å². The van der Waals surface area contributed by atoms with Crippen LogP contribution in [0.4, 0.5) is 0 Å². The fraction of sp³-hybridized carbons (Fsp3) is 0.545. The highest BCUT2D eigenvalue weighted by Gasteiger charge is 2.21. The van der Waals surface area contributed by atoms with Gasteiger partial charge in [0, 0.05) is 45.3 Å². The third-order valence-electron chi connectivity index (χ3n) is 5.02. The average Bonchev–Trinajstić information content (AvgIpc) is 3.16. The zero-order chi connectivity index (χ0) is 20.5. The van der Waals surface area contributed by atoms with Gasteiger partial charge in [-0.25, -0.2) is 4.99 Å². The number of rotatable bonds is 8. The van der Waals surface area contributed by atoms with Crippen LogP contribution in [0.15, 0.2) is 45.9 Å². The molecule has 1 N–H and O–H groups in total. The SMILES string of the molecule is CCNC(=NCC(CC)Oc1ccccc1)N1CCN(Cc2cc(C)on2)CC1.I. The van der Waals surface area contributed by atoms with Crippen molar-refractivity contribution in [3.05, 3.63) is 47.9 Å². The summed E-state index contributed by atoms with van der Waals surface area (Å²) in [7, 11) is 0. The fourth-order valence-electron chi connectivity index (χ4n) is 3.39. The summed E-state index contributed by atoms with van der Waals surface area (Å²) in [6.45, 7) is 12.4. The van der Waals surface area contributed by atoms with Gasteiger partial charge in [0.2, 0.25) is 0 Å². The summed E-state index contributed by atoms with van der Waals surface area (Å²) >= 11 is 0. The van der Waals surface area contributed by atoms with Gasteiger partial charge in [0.1, 0.15) is 17.6 Å². The van der Waals surface area contributed by atoms with Crippen LogP contribution in [0.1, 0.15) is 31.7 Å². The number of guanidine groups is 1. The molecule has 1 aromatic carbocycles. The van der Waals surface area contributed by atoms with Crippen LogP contribution in [0.3, 0.4) is 0 Å². The Kier molecular flexibility index (Phi) is 10.4. The molecule has 0 amide bonds. The first kappa shape index (κ1) is 24.5. The summed E-state index contributed by atoms with van der Waals surface area (Å²) in [4.78, 5) is 9.62. The lowest BCUT2D eigenvalue weighted by atomic mass is 10.2. The van der Waals surface area contributed by atoms with Gasteiger partial charge < -0.3 is 19.5 Å². The summed E-state index contributed by atoms with van der Waals surface area (Å²) in [6.07, 6.45) is 0.991. The molecule has 1 unspecified atom stereocenters. The van der Waals surface area contributed by atoms with E-state index in [4.69, 9.17) is 14.3 Å². The molecule has 0 radical (unpaired) electrons. The minimum atomic E-state index is 0. The Hall–Kier alpha value is -1.81. The molecule has 1 atom stereocenters. The van der Waals surface area contributed by atoms with Crippen LogP contribution in [0.25, 0.3) is 0 Å². The van der Waals surface area contributed by atoms with E-state index >= 15 is 0 Å². The molecule has 0 spiro atoms. The summed E-state index contributed by atoms with van der Waals surface area (Å²) < 4.78 is 11.3. The molecule has 2 aromatic rings. The highest BCUT2D eigenvalue weighted by Crippen LogP contribution is 2.13. The van der Waals surface area contributed by atoms with Crippen LogP contribution >= 0.6 is 24.0 Å². The Morgan fingerprint density at radius 1 is 1.20 bits per heavy atom. The smallest absolute Gasteiger partial charge is 0.194 e. The number of aryl methyl sites for hydroxylation is 1. The maximum absolute atomic E-state index is 6.09. The number of para-hydroxylation sites is 1. The fourth-order valence-corrected chi connectivity index (χ4v) is 3.39. The van der Waals surface area contributed by atoms with E-state index in [1.54, 1.807) is 0 Å². The van der Waals surface area contributed by atoms with E-state index in [0.29, 0.717) is 6.54 Å². The first-order valence-corrected chi connectivity index (χ1v) is 10.6. The molecule has 1 aliphatic heterocycles. The maximum Gasteiger partial charge on any atom is 0.194 e. The molecule has 1 fully saturated rings. The number of aromatic nitrogens is 1. The van der Waals surface area contributed by atoms with Crippen LogP contribution in [0.2, 0.25) is 0 Å². The molecule has 1 saturated heterocycles. The minimum Gasteiger partial charge on any atom is -0.489 e. The first-order chi connectivity index (χ1) is 14.2. The number of ether oxygens (including phenoxy) is 1. The third-order valence-corrected chi connectivity index (χ3v) is 5.02. The Bertz CT molecular complexity index is 760. The predicted octanol–water partition coefficient (Wildman–Crippen LogP) is 3.54. The van der Waals surface area contributed by atoms with Gasteiger partial charge in [-0.15, -0.1) is 24.0 Å². The van der Waals surface area contributed by atoms with E-state index < -0.39 is 0 Å². The molecule has 0 aliphatic carbocycles. The van der Waals surface area contributed by atoms with Crippen molar-refractivity contribution in [2.75, 3.05) is 39.3 Å². The second kappa shape index (κ2) is 12.8. The van der Waals surface area contributed by atoms with Gasteiger partial charge in [-0.3, -0.25) is 4.90 Å². The molecule has 30 heavy (non-hydrogen) atoms. The van der Waals surface area contributed by atoms with Gasteiger partial charge in [-0.2, -0.15) is 0 Å². The van der Waals surface area contributed by atoms with Crippen molar-refractivity contribution < 1.29 is 9.26 Å². The standard InChI is InChI=1S/C22H33N5O2.HI/c1-4-20(28-21-9-7-6-8-10-21)16-24-22(23-5-2)27-13-11-26(12-14-27)17-19-15-18(3)29-25-19;/h6-10,15,20H,4-5,11-14,16-17H2,1-3H3,(H,23,24);1H. The molecule has 2 heterocycles. The number of hydrogen-bond donors (Lipinski definition) is 1. The number of nitrogens with one attached hydrogen (secondary N) is 1. The summed E-state index contributed by atoms with van der Waals surface area (Å²) in [6, 6.07) is 12.0. The Morgan fingerprint density at radius 3 is 2.53 bits per heavy atom. The normalized spacial score (nSPS) is 16.1. The summed E-state index contributed by atoms with van der Waals surface area (Å²) in [5.74, 6) is 2.74. The molecule has 3 rings (SSSR count). The molecular weight excluding hydrogens is 493 g/mol. The summed E-state index contributed by atoms with van der Waals surface area (Å²) in [5.41, 5.74) is 1.00. The van der Waals surface area contributed by atoms with Gasteiger partial charge in [-0.05, 0) is 32.4 Å². The zero-order valence-electron chi connectivity index (χ0n) is 18.2. The van der Waals surface area contributed by atoms with E-state index in [-0.39, 0.29) is 30.1 Å². The molecular formula is C22H34IN5O2.